The predicted molar refractivity (Wildman–Crippen MR) is 117 cm³/mol. The topological polar surface area (TPSA) is 24.1 Å². The smallest absolute Gasteiger partial charge is 0.0450 e. The molecule has 0 bridgehead atoms. The summed E-state index contributed by atoms with van der Waals surface area (Å²) in [6.45, 7) is 10.2. The predicted octanol–water partition coefficient (Wildman–Crippen LogP) is 6.08. The summed E-state index contributed by atoms with van der Waals surface area (Å²) in [5.74, 6) is 0.849. The molecule has 2 N–H and O–H groups in total. The molecule has 1 saturated carbocycles. The van der Waals surface area contributed by atoms with Crippen LogP contribution in [-0.2, 0) is 6.54 Å². The molecule has 0 spiro atoms. The molecule has 26 heavy (non-hydrogen) atoms. The van der Waals surface area contributed by atoms with Gasteiger partial charge in [0.1, 0.15) is 0 Å². The number of allylic oxidation sites excluding steroid dienone is 2. The maximum absolute atomic E-state index is 6.00. The van der Waals surface area contributed by atoms with Crippen molar-refractivity contribution in [1.29, 1.82) is 0 Å². The molecule has 2 rings (SSSR count). The Labute approximate surface area is 169 Å². The summed E-state index contributed by atoms with van der Waals surface area (Å²) < 4.78 is 0. The molecular formula is C22H32Cl2N2. The number of rotatable bonds is 8. The summed E-state index contributed by atoms with van der Waals surface area (Å²) in [6, 6.07) is 7.83. The Kier molecular flexibility index (Phi) is 12.4. The number of hydrogen-bond donors (Lipinski definition) is 2. The van der Waals surface area contributed by atoms with Crippen molar-refractivity contribution >= 4 is 23.2 Å². The first kappa shape index (κ1) is 23.0. The highest BCUT2D eigenvalue weighted by Crippen LogP contribution is 2.22. The van der Waals surface area contributed by atoms with Crippen molar-refractivity contribution in [3.05, 3.63) is 70.8 Å². The SMILES string of the molecule is C=C/C(Cl)=C(\C=C)CNCC1CCCCC1.CNCc1ccccc1Cl. The van der Waals surface area contributed by atoms with E-state index in [0.717, 1.165) is 41.7 Å². The molecule has 1 aromatic rings. The summed E-state index contributed by atoms with van der Waals surface area (Å²) in [4.78, 5) is 0. The summed E-state index contributed by atoms with van der Waals surface area (Å²) in [7, 11) is 1.91. The molecule has 0 unspecified atom stereocenters. The number of halogens is 2. The van der Waals surface area contributed by atoms with Crippen molar-refractivity contribution in [2.75, 3.05) is 20.1 Å². The summed E-state index contributed by atoms with van der Waals surface area (Å²) in [6.07, 6.45) is 10.4. The Balaban J connectivity index is 0.000000289. The quantitative estimate of drug-likeness (QED) is 0.521. The average molecular weight is 395 g/mol. The summed E-state index contributed by atoms with van der Waals surface area (Å²) in [5, 5.41) is 8.03. The van der Waals surface area contributed by atoms with Gasteiger partial charge in [0.2, 0.25) is 0 Å². The van der Waals surface area contributed by atoms with E-state index in [2.05, 4.69) is 23.8 Å². The maximum atomic E-state index is 6.00. The third kappa shape index (κ3) is 9.05. The lowest BCUT2D eigenvalue weighted by molar-refractivity contribution is 0.346. The Morgan fingerprint density at radius 1 is 1.15 bits per heavy atom. The van der Waals surface area contributed by atoms with Crippen molar-refractivity contribution in [2.24, 2.45) is 5.92 Å². The number of benzene rings is 1. The third-order valence-corrected chi connectivity index (χ3v) is 5.30. The molecule has 2 nitrogen and oxygen atoms in total. The normalized spacial score (nSPS) is 15.5. The summed E-state index contributed by atoms with van der Waals surface area (Å²) >= 11 is 11.9. The van der Waals surface area contributed by atoms with E-state index in [9.17, 15) is 0 Å². The summed E-state index contributed by atoms with van der Waals surface area (Å²) in [5.41, 5.74) is 2.18. The van der Waals surface area contributed by atoms with Gasteiger partial charge in [-0.15, -0.1) is 0 Å². The molecule has 0 heterocycles. The molecule has 0 atom stereocenters. The van der Waals surface area contributed by atoms with E-state index >= 15 is 0 Å². The van der Waals surface area contributed by atoms with E-state index in [1.165, 1.54) is 32.1 Å². The van der Waals surface area contributed by atoms with Gasteiger partial charge in [0.05, 0.1) is 0 Å². The van der Waals surface area contributed by atoms with Crippen molar-refractivity contribution in [1.82, 2.24) is 10.6 Å². The van der Waals surface area contributed by atoms with Crippen LogP contribution in [0, 0.1) is 5.92 Å². The van der Waals surface area contributed by atoms with Gasteiger partial charge in [0.25, 0.3) is 0 Å². The van der Waals surface area contributed by atoms with E-state index in [-0.39, 0.29) is 0 Å². The largest absolute Gasteiger partial charge is 0.316 e. The van der Waals surface area contributed by atoms with Crippen molar-refractivity contribution in [3.63, 3.8) is 0 Å². The third-order valence-electron chi connectivity index (χ3n) is 4.53. The van der Waals surface area contributed by atoms with Gasteiger partial charge in [-0.25, -0.2) is 0 Å². The zero-order valence-electron chi connectivity index (χ0n) is 15.9. The first-order valence-corrected chi connectivity index (χ1v) is 10.1. The van der Waals surface area contributed by atoms with Crippen LogP contribution in [0.1, 0.15) is 37.7 Å². The number of hydrogen-bond acceptors (Lipinski definition) is 2. The van der Waals surface area contributed by atoms with Crippen molar-refractivity contribution in [2.45, 2.75) is 38.6 Å². The Morgan fingerprint density at radius 3 is 2.42 bits per heavy atom. The van der Waals surface area contributed by atoms with E-state index in [0.29, 0.717) is 5.03 Å². The van der Waals surface area contributed by atoms with Crippen LogP contribution in [-0.4, -0.2) is 20.1 Å². The fourth-order valence-electron chi connectivity index (χ4n) is 3.02. The first-order chi connectivity index (χ1) is 12.6. The molecule has 4 heteroatoms. The molecule has 0 amide bonds. The molecule has 1 aliphatic carbocycles. The lowest BCUT2D eigenvalue weighted by Gasteiger charge is -2.22. The minimum Gasteiger partial charge on any atom is -0.316 e. The van der Waals surface area contributed by atoms with Crippen LogP contribution in [0.3, 0.4) is 0 Å². The highest BCUT2D eigenvalue weighted by atomic mass is 35.5. The highest BCUT2D eigenvalue weighted by Gasteiger charge is 2.12. The van der Waals surface area contributed by atoms with Crippen LogP contribution in [0.2, 0.25) is 5.02 Å². The second-order valence-electron chi connectivity index (χ2n) is 6.54. The lowest BCUT2D eigenvalue weighted by Crippen LogP contribution is -2.26. The second kappa shape index (κ2) is 14.1. The number of nitrogens with one attached hydrogen (secondary N) is 2. The van der Waals surface area contributed by atoms with Crippen LogP contribution < -0.4 is 10.6 Å². The molecule has 0 saturated heterocycles. The van der Waals surface area contributed by atoms with E-state index in [1.54, 1.807) is 12.2 Å². The Bertz CT molecular complexity index is 575. The molecule has 0 aromatic heterocycles. The van der Waals surface area contributed by atoms with E-state index < -0.39 is 0 Å². The molecule has 1 aromatic carbocycles. The lowest BCUT2D eigenvalue weighted by atomic mass is 9.89. The monoisotopic (exact) mass is 394 g/mol. The first-order valence-electron chi connectivity index (χ1n) is 9.34. The zero-order valence-corrected chi connectivity index (χ0v) is 17.4. The second-order valence-corrected chi connectivity index (χ2v) is 7.35. The Morgan fingerprint density at radius 2 is 1.85 bits per heavy atom. The van der Waals surface area contributed by atoms with Gasteiger partial charge in [0.15, 0.2) is 0 Å². The van der Waals surface area contributed by atoms with E-state index in [1.807, 2.05) is 31.3 Å². The highest BCUT2D eigenvalue weighted by molar-refractivity contribution is 6.31. The molecule has 1 fully saturated rings. The van der Waals surface area contributed by atoms with Gasteiger partial charge in [-0.1, -0.05) is 86.0 Å². The fraction of sp³-hybridized carbons (Fsp3) is 0.455. The molecular weight excluding hydrogens is 363 g/mol. The van der Waals surface area contributed by atoms with Gasteiger partial charge in [0, 0.05) is 23.1 Å². The maximum Gasteiger partial charge on any atom is 0.0450 e. The average Bonchev–Trinajstić information content (AvgIpc) is 2.68. The molecule has 0 aliphatic heterocycles. The van der Waals surface area contributed by atoms with Gasteiger partial charge in [-0.2, -0.15) is 0 Å². The standard InChI is InChI=1S/C14H22ClN.C8H10ClN/c1-3-13(14(15)4-2)11-16-10-12-8-6-5-7-9-12;1-10-6-7-4-2-3-5-8(7)9/h3-4,12,16H,1-2,5-11H2;2-5,10H,6H2,1H3/b14-13-;. The van der Waals surface area contributed by atoms with Crippen molar-refractivity contribution in [3.8, 4) is 0 Å². The molecule has 1 aliphatic rings. The van der Waals surface area contributed by atoms with E-state index in [4.69, 9.17) is 23.2 Å². The zero-order chi connectivity index (χ0) is 19.2. The minimum absolute atomic E-state index is 0.700. The fourth-order valence-corrected chi connectivity index (χ4v) is 3.37. The van der Waals surface area contributed by atoms with Gasteiger partial charge in [-0.3, -0.25) is 0 Å². The van der Waals surface area contributed by atoms with Crippen LogP contribution in [0.4, 0.5) is 0 Å². The van der Waals surface area contributed by atoms with Crippen LogP contribution >= 0.6 is 23.2 Å². The minimum atomic E-state index is 0.700. The van der Waals surface area contributed by atoms with Gasteiger partial charge < -0.3 is 10.6 Å². The Hall–Kier alpha value is -1.06. The van der Waals surface area contributed by atoms with Crippen LogP contribution in [0.15, 0.2) is 60.2 Å². The van der Waals surface area contributed by atoms with Crippen molar-refractivity contribution < 1.29 is 0 Å². The van der Waals surface area contributed by atoms with Gasteiger partial charge >= 0.3 is 0 Å². The molecule has 0 radical (unpaired) electrons. The van der Waals surface area contributed by atoms with Crippen LogP contribution in [0.5, 0.6) is 0 Å². The molecule has 144 valence electrons. The van der Waals surface area contributed by atoms with Crippen LogP contribution in [0.25, 0.3) is 0 Å². The van der Waals surface area contributed by atoms with Gasteiger partial charge in [-0.05, 0) is 49.6 Å².